The minimum atomic E-state index is 0.172. The lowest BCUT2D eigenvalue weighted by Crippen LogP contribution is -3.07. The lowest BCUT2D eigenvalue weighted by Gasteiger charge is -3.06. The van der Waals surface area contributed by atoms with Crippen molar-refractivity contribution in [1.82, 2.24) is 21.3 Å². The molecule has 0 atom stereocenters. The Hall–Kier alpha value is -0.650. The number of carbonyl (C=O) groups excluding carboxylic acids is 1. The van der Waals surface area contributed by atoms with E-state index in [1.165, 1.54) is 0 Å². The van der Waals surface area contributed by atoms with Crippen LogP contribution >= 0.6 is 0 Å². The Morgan fingerprint density at radius 1 is 1.22 bits per heavy atom. The van der Waals surface area contributed by atoms with Gasteiger partial charge in [0.05, 0.1) is 5.41 Å². The van der Waals surface area contributed by atoms with Gasteiger partial charge in [0.15, 0.2) is 0 Å². The molecule has 0 radical (unpaired) electrons. The molecule has 7 aliphatic rings. The molecule has 6 aliphatic carbocycles. The van der Waals surface area contributed by atoms with Gasteiger partial charge in [-0.25, -0.2) is 10.4 Å². The zero-order valence-electron chi connectivity index (χ0n) is 10.2. The van der Waals surface area contributed by atoms with E-state index in [0.29, 0.717) is 5.91 Å². The fraction of sp³-hybridized carbons (Fsp3) is 0.923. The minimum Gasteiger partial charge on any atom is -0.354 e. The van der Waals surface area contributed by atoms with Crippen molar-refractivity contribution in [2.24, 2.45) is 46.8 Å². The standard InChI is InChI=1S/C13H18N4O/c18-12(14-1-3-17-4-2-15-16-17)13-9-6-5-7(9)11(13)8(5)10(6)13/h5-11,15-16H,1-4H2,(H,14,18). The van der Waals surface area contributed by atoms with E-state index in [4.69, 9.17) is 0 Å². The van der Waals surface area contributed by atoms with Gasteiger partial charge in [-0.3, -0.25) is 4.79 Å². The van der Waals surface area contributed by atoms with E-state index < -0.39 is 0 Å². The van der Waals surface area contributed by atoms with Crippen LogP contribution in [0, 0.1) is 46.8 Å². The van der Waals surface area contributed by atoms with Crippen molar-refractivity contribution in [2.75, 3.05) is 26.2 Å². The summed E-state index contributed by atoms with van der Waals surface area (Å²) in [5, 5.41) is 5.32. The van der Waals surface area contributed by atoms with Crippen molar-refractivity contribution in [3.8, 4) is 0 Å². The summed E-state index contributed by atoms with van der Waals surface area (Å²) in [5.41, 5.74) is 6.33. The number of hydrogen-bond donors (Lipinski definition) is 3. The van der Waals surface area contributed by atoms with E-state index in [2.05, 4.69) is 21.3 Å². The van der Waals surface area contributed by atoms with Gasteiger partial charge in [-0.05, 0) is 41.4 Å². The monoisotopic (exact) mass is 246 g/mol. The summed E-state index contributed by atoms with van der Waals surface area (Å²) in [6.45, 7) is 3.68. The van der Waals surface area contributed by atoms with E-state index >= 15 is 0 Å². The second-order valence-electron chi connectivity index (χ2n) is 7.10. The minimum absolute atomic E-state index is 0.172. The Kier molecular flexibility index (Phi) is 1.28. The van der Waals surface area contributed by atoms with E-state index in [1.807, 2.05) is 0 Å². The number of nitrogens with zero attached hydrogens (tertiary/aromatic N) is 1. The topological polar surface area (TPSA) is 56.4 Å². The average molecular weight is 246 g/mol. The summed E-state index contributed by atoms with van der Waals surface area (Å²) >= 11 is 0. The van der Waals surface area contributed by atoms with Crippen LogP contribution in [0.25, 0.3) is 0 Å². The highest BCUT2D eigenvalue weighted by Gasteiger charge is 3.06. The van der Waals surface area contributed by atoms with Crippen LogP contribution in [0.3, 0.4) is 0 Å². The molecule has 0 aromatic rings. The largest absolute Gasteiger partial charge is 0.354 e. The number of nitrogens with one attached hydrogen (secondary N) is 3. The van der Waals surface area contributed by atoms with Gasteiger partial charge in [0, 0.05) is 26.2 Å². The van der Waals surface area contributed by atoms with Crippen LogP contribution < -0.4 is 16.3 Å². The Labute approximate surface area is 106 Å². The summed E-state index contributed by atoms with van der Waals surface area (Å²) in [6, 6.07) is 0. The van der Waals surface area contributed by atoms with E-state index in [1.54, 1.807) is 0 Å². The van der Waals surface area contributed by atoms with Gasteiger partial charge in [-0.2, -0.15) is 5.53 Å². The van der Waals surface area contributed by atoms with E-state index in [-0.39, 0.29) is 5.41 Å². The van der Waals surface area contributed by atoms with Gasteiger partial charge in [0.1, 0.15) is 0 Å². The second kappa shape index (κ2) is 2.49. The molecule has 1 amide bonds. The summed E-state index contributed by atoms with van der Waals surface area (Å²) < 4.78 is 0. The lowest BCUT2D eigenvalue weighted by atomic mass is 8.96. The molecule has 7 fully saturated rings. The zero-order valence-corrected chi connectivity index (χ0v) is 10.2. The van der Waals surface area contributed by atoms with E-state index in [9.17, 15) is 4.79 Å². The molecule has 1 aliphatic heterocycles. The number of amides is 1. The van der Waals surface area contributed by atoms with Crippen LogP contribution in [-0.2, 0) is 4.79 Å². The molecule has 0 unspecified atom stereocenters. The summed E-state index contributed by atoms with van der Waals surface area (Å²) in [5.74, 6) is 6.98. The van der Waals surface area contributed by atoms with Gasteiger partial charge in [-0.1, -0.05) is 0 Å². The van der Waals surface area contributed by atoms with Gasteiger partial charge in [0.25, 0.3) is 0 Å². The fourth-order valence-corrected chi connectivity index (χ4v) is 6.93. The summed E-state index contributed by atoms with van der Waals surface area (Å²) in [6.07, 6.45) is 0. The Bertz CT molecular complexity index is 421. The molecule has 0 spiro atoms. The quantitative estimate of drug-likeness (QED) is 0.583. The molecule has 5 heteroatoms. The lowest BCUT2D eigenvalue weighted by molar-refractivity contribution is -0.596. The van der Waals surface area contributed by atoms with Crippen molar-refractivity contribution in [2.45, 2.75) is 0 Å². The second-order valence-corrected chi connectivity index (χ2v) is 7.10. The SMILES string of the molecule is O=C(NCCN1CCNN1)C12C3C4C5C3C1C5C42. The predicted octanol–water partition coefficient (Wildman–Crippen LogP) is -1.20. The first-order valence-electron chi connectivity index (χ1n) is 7.38. The zero-order chi connectivity index (χ0) is 11.6. The summed E-state index contributed by atoms with van der Waals surface area (Å²) in [7, 11) is 0. The average Bonchev–Trinajstić information content (AvgIpc) is 2.92. The molecule has 1 saturated heterocycles. The third-order valence-electron chi connectivity index (χ3n) is 7.28. The molecular formula is C13H18N4O. The van der Waals surface area contributed by atoms with Crippen molar-refractivity contribution >= 4 is 5.91 Å². The van der Waals surface area contributed by atoms with Crippen molar-refractivity contribution in [1.29, 1.82) is 0 Å². The molecule has 6 saturated carbocycles. The molecule has 0 aromatic carbocycles. The maximum absolute atomic E-state index is 12.4. The highest BCUT2D eigenvalue weighted by atomic mass is 16.2. The third-order valence-corrected chi connectivity index (χ3v) is 7.28. The number of carbonyl (C=O) groups is 1. The number of hydrazine groups is 2. The van der Waals surface area contributed by atoms with Crippen LogP contribution in [0.1, 0.15) is 0 Å². The third kappa shape index (κ3) is 0.604. The Balaban J connectivity index is 1.10. The fourth-order valence-electron chi connectivity index (χ4n) is 6.93. The molecule has 7 rings (SSSR count). The highest BCUT2D eigenvalue weighted by molar-refractivity contribution is 5.91. The van der Waals surface area contributed by atoms with Crippen molar-refractivity contribution in [3.05, 3.63) is 0 Å². The van der Waals surface area contributed by atoms with Gasteiger partial charge >= 0.3 is 0 Å². The Morgan fingerprint density at radius 2 is 1.94 bits per heavy atom. The van der Waals surface area contributed by atoms with Crippen molar-refractivity contribution in [3.63, 3.8) is 0 Å². The van der Waals surface area contributed by atoms with Crippen LogP contribution in [-0.4, -0.2) is 37.1 Å². The predicted molar refractivity (Wildman–Crippen MR) is 62.6 cm³/mol. The molecule has 0 aromatic heterocycles. The number of hydrogen-bond acceptors (Lipinski definition) is 4. The summed E-state index contributed by atoms with van der Waals surface area (Å²) in [4.78, 5) is 12.4. The first kappa shape index (κ1) is 9.28. The molecule has 18 heavy (non-hydrogen) atoms. The Morgan fingerprint density at radius 3 is 2.56 bits per heavy atom. The first-order chi connectivity index (χ1) is 8.87. The smallest absolute Gasteiger partial charge is 0.227 e. The van der Waals surface area contributed by atoms with Crippen LogP contribution in [0.4, 0.5) is 0 Å². The number of rotatable bonds is 4. The molecule has 96 valence electrons. The highest BCUT2D eigenvalue weighted by Crippen LogP contribution is 3.05. The maximum atomic E-state index is 12.4. The van der Waals surface area contributed by atoms with Crippen molar-refractivity contribution < 1.29 is 4.79 Å². The molecule has 5 nitrogen and oxygen atoms in total. The normalized spacial score (nSPS) is 63.9. The van der Waals surface area contributed by atoms with Crippen LogP contribution in [0.5, 0.6) is 0 Å². The van der Waals surface area contributed by atoms with Gasteiger partial charge < -0.3 is 5.32 Å². The molecule has 0 bridgehead atoms. The molecule has 3 N–H and O–H groups in total. The van der Waals surface area contributed by atoms with Crippen LogP contribution in [0.15, 0.2) is 0 Å². The first-order valence-corrected chi connectivity index (χ1v) is 7.38. The van der Waals surface area contributed by atoms with Gasteiger partial charge in [0.2, 0.25) is 5.91 Å². The van der Waals surface area contributed by atoms with Crippen LogP contribution in [0.2, 0.25) is 0 Å². The van der Waals surface area contributed by atoms with Gasteiger partial charge in [-0.15, -0.1) is 0 Å². The molecule has 1 heterocycles. The molecular weight excluding hydrogens is 228 g/mol. The van der Waals surface area contributed by atoms with E-state index in [0.717, 1.165) is 67.6 Å². The maximum Gasteiger partial charge on any atom is 0.227 e.